The number of hydrazine groups is 1. The van der Waals surface area contributed by atoms with E-state index in [9.17, 15) is 19.3 Å². The standard InChI is InChI=1S/C7H5ClFN3O3/c8-4-2-5(9)6(12(14)15)1-3(4)7(13)11-10/h1-2H,10H2,(H,11,13). The van der Waals surface area contributed by atoms with Gasteiger partial charge in [-0.05, 0) is 0 Å². The topological polar surface area (TPSA) is 98.3 Å². The molecule has 1 aromatic carbocycles. The molecular weight excluding hydrogens is 229 g/mol. The first-order valence-electron chi connectivity index (χ1n) is 3.61. The Hall–Kier alpha value is -1.73. The Bertz CT molecular complexity index is 438. The number of carbonyl (C=O) groups excluding carboxylic acids is 1. The van der Waals surface area contributed by atoms with Gasteiger partial charge in [-0.15, -0.1) is 0 Å². The van der Waals surface area contributed by atoms with Crippen LogP contribution in [0.1, 0.15) is 10.4 Å². The van der Waals surface area contributed by atoms with Gasteiger partial charge in [0.25, 0.3) is 5.91 Å². The predicted molar refractivity (Wildman–Crippen MR) is 49.7 cm³/mol. The van der Waals surface area contributed by atoms with Crippen LogP contribution in [0, 0.1) is 15.9 Å². The third-order valence-electron chi connectivity index (χ3n) is 1.61. The summed E-state index contributed by atoms with van der Waals surface area (Å²) in [6.45, 7) is 0. The van der Waals surface area contributed by atoms with Crippen molar-refractivity contribution in [1.82, 2.24) is 5.43 Å². The van der Waals surface area contributed by atoms with Crippen LogP contribution >= 0.6 is 11.6 Å². The van der Waals surface area contributed by atoms with Gasteiger partial charge in [0.15, 0.2) is 0 Å². The minimum absolute atomic E-state index is 0.249. The molecule has 0 aliphatic rings. The van der Waals surface area contributed by atoms with Crippen molar-refractivity contribution < 1.29 is 14.1 Å². The molecule has 1 amide bonds. The van der Waals surface area contributed by atoms with Gasteiger partial charge in [0.05, 0.1) is 15.5 Å². The molecule has 0 unspecified atom stereocenters. The van der Waals surface area contributed by atoms with Crippen molar-refractivity contribution in [3.05, 3.63) is 38.7 Å². The summed E-state index contributed by atoms with van der Waals surface area (Å²) < 4.78 is 13.0. The van der Waals surface area contributed by atoms with Crippen molar-refractivity contribution in [3.8, 4) is 0 Å². The van der Waals surface area contributed by atoms with E-state index in [1.807, 2.05) is 0 Å². The fourth-order valence-corrected chi connectivity index (χ4v) is 1.17. The van der Waals surface area contributed by atoms with Gasteiger partial charge in [0.2, 0.25) is 5.82 Å². The molecule has 8 heteroatoms. The van der Waals surface area contributed by atoms with E-state index in [0.29, 0.717) is 6.07 Å². The fraction of sp³-hybridized carbons (Fsp3) is 0. The predicted octanol–water partition coefficient (Wildman–Crippen LogP) is 0.991. The van der Waals surface area contributed by atoms with Crippen LogP contribution in [0.4, 0.5) is 10.1 Å². The van der Waals surface area contributed by atoms with Gasteiger partial charge in [-0.25, -0.2) is 5.84 Å². The molecule has 0 fully saturated rings. The molecule has 80 valence electrons. The van der Waals surface area contributed by atoms with Gasteiger partial charge in [0.1, 0.15) is 0 Å². The number of rotatable bonds is 2. The maximum Gasteiger partial charge on any atom is 0.305 e. The van der Waals surface area contributed by atoms with Gasteiger partial charge in [-0.1, -0.05) is 11.6 Å². The smallest absolute Gasteiger partial charge is 0.290 e. The van der Waals surface area contributed by atoms with Crippen molar-refractivity contribution in [1.29, 1.82) is 0 Å². The van der Waals surface area contributed by atoms with E-state index in [1.165, 1.54) is 0 Å². The second-order valence-corrected chi connectivity index (χ2v) is 2.92. The van der Waals surface area contributed by atoms with Gasteiger partial charge in [0, 0.05) is 12.1 Å². The number of halogens is 2. The Morgan fingerprint density at radius 1 is 1.60 bits per heavy atom. The number of amides is 1. The Kier molecular flexibility index (Phi) is 3.17. The van der Waals surface area contributed by atoms with Crippen LogP contribution in [-0.2, 0) is 0 Å². The molecule has 1 aromatic rings. The van der Waals surface area contributed by atoms with Gasteiger partial charge in [-0.2, -0.15) is 4.39 Å². The normalized spacial score (nSPS) is 9.80. The monoisotopic (exact) mass is 233 g/mol. The molecule has 0 bridgehead atoms. The highest BCUT2D eigenvalue weighted by molar-refractivity contribution is 6.33. The molecule has 0 aromatic heterocycles. The molecule has 0 spiro atoms. The van der Waals surface area contributed by atoms with Crippen molar-refractivity contribution in [3.63, 3.8) is 0 Å². The Morgan fingerprint density at radius 3 is 2.67 bits per heavy atom. The maximum absolute atomic E-state index is 13.0. The SMILES string of the molecule is NNC(=O)c1cc([N+](=O)[O-])c(F)cc1Cl. The first kappa shape index (κ1) is 11.3. The lowest BCUT2D eigenvalue weighted by Crippen LogP contribution is -2.30. The van der Waals surface area contributed by atoms with Crippen molar-refractivity contribution in [2.75, 3.05) is 0 Å². The zero-order valence-electron chi connectivity index (χ0n) is 7.16. The lowest BCUT2D eigenvalue weighted by atomic mass is 10.2. The van der Waals surface area contributed by atoms with E-state index in [4.69, 9.17) is 17.4 Å². The second kappa shape index (κ2) is 4.20. The van der Waals surface area contributed by atoms with E-state index in [-0.39, 0.29) is 10.6 Å². The number of nitrogens with zero attached hydrogens (tertiary/aromatic N) is 1. The number of nitro benzene ring substituents is 1. The molecule has 15 heavy (non-hydrogen) atoms. The average molecular weight is 234 g/mol. The van der Waals surface area contributed by atoms with E-state index in [0.717, 1.165) is 6.07 Å². The summed E-state index contributed by atoms with van der Waals surface area (Å²) in [6, 6.07) is 1.41. The number of nitrogens with two attached hydrogens (primary N) is 1. The Labute approximate surface area is 87.9 Å². The minimum Gasteiger partial charge on any atom is -0.290 e. The molecule has 0 aliphatic carbocycles. The van der Waals surface area contributed by atoms with Gasteiger partial charge in [-0.3, -0.25) is 20.3 Å². The van der Waals surface area contributed by atoms with Crippen molar-refractivity contribution in [2.45, 2.75) is 0 Å². The molecule has 0 radical (unpaired) electrons. The summed E-state index contributed by atoms with van der Waals surface area (Å²) >= 11 is 5.50. The van der Waals surface area contributed by atoms with Crippen LogP contribution in [-0.4, -0.2) is 10.8 Å². The highest BCUT2D eigenvalue weighted by Gasteiger charge is 2.20. The van der Waals surface area contributed by atoms with E-state index in [1.54, 1.807) is 5.43 Å². The molecule has 0 heterocycles. The summed E-state index contributed by atoms with van der Waals surface area (Å²) in [5, 5.41) is 10.1. The van der Waals surface area contributed by atoms with E-state index >= 15 is 0 Å². The molecule has 1 rings (SSSR count). The summed E-state index contributed by atoms with van der Waals surface area (Å²) in [5.41, 5.74) is 0.647. The second-order valence-electron chi connectivity index (χ2n) is 2.51. The molecule has 0 saturated heterocycles. The largest absolute Gasteiger partial charge is 0.305 e. The lowest BCUT2D eigenvalue weighted by Gasteiger charge is -2.02. The summed E-state index contributed by atoms with van der Waals surface area (Å²) in [7, 11) is 0. The summed E-state index contributed by atoms with van der Waals surface area (Å²) in [6.07, 6.45) is 0. The highest BCUT2D eigenvalue weighted by Crippen LogP contribution is 2.25. The molecule has 6 nitrogen and oxygen atoms in total. The van der Waals surface area contributed by atoms with Crippen LogP contribution < -0.4 is 11.3 Å². The van der Waals surface area contributed by atoms with Gasteiger partial charge >= 0.3 is 5.69 Å². The van der Waals surface area contributed by atoms with Crippen LogP contribution in [0.5, 0.6) is 0 Å². The summed E-state index contributed by atoms with van der Waals surface area (Å²) in [4.78, 5) is 20.5. The number of benzene rings is 1. The molecule has 0 saturated carbocycles. The molecule has 3 N–H and O–H groups in total. The number of hydrogen-bond donors (Lipinski definition) is 2. The Morgan fingerprint density at radius 2 is 2.20 bits per heavy atom. The molecule has 0 aliphatic heterocycles. The molecular formula is C7H5ClFN3O3. The first-order chi connectivity index (χ1) is 6.97. The zero-order valence-corrected chi connectivity index (χ0v) is 7.92. The van der Waals surface area contributed by atoms with Crippen LogP contribution in [0.15, 0.2) is 12.1 Å². The third kappa shape index (κ3) is 2.20. The average Bonchev–Trinajstić information content (AvgIpc) is 2.16. The fourth-order valence-electron chi connectivity index (χ4n) is 0.929. The van der Waals surface area contributed by atoms with Crippen LogP contribution in [0.25, 0.3) is 0 Å². The number of nitro groups is 1. The minimum atomic E-state index is -1.11. The van der Waals surface area contributed by atoms with Gasteiger partial charge < -0.3 is 0 Å². The zero-order chi connectivity index (χ0) is 11.6. The van der Waals surface area contributed by atoms with E-state index < -0.39 is 22.3 Å². The first-order valence-corrected chi connectivity index (χ1v) is 3.99. The van der Waals surface area contributed by atoms with Crippen LogP contribution in [0.2, 0.25) is 5.02 Å². The number of carbonyl (C=O) groups is 1. The van der Waals surface area contributed by atoms with E-state index in [2.05, 4.69) is 0 Å². The van der Waals surface area contributed by atoms with Crippen molar-refractivity contribution >= 4 is 23.2 Å². The maximum atomic E-state index is 13.0. The van der Waals surface area contributed by atoms with Crippen LogP contribution in [0.3, 0.4) is 0 Å². The third-order valence-corrected chi connectivity index (χ3v) is 1.92. The quantitative estimate of drug-likeness (QED) is 0.344. The molecule has 0 atom stereocenters. The lowest BCUT2D eigenvalue weighted by molar-refractivity contribution is -0.387. The number of nitrogens with one attached hydrogen (secondary N) is 1. The van der Waals surface area contributed by atoms with Crippen molar-refractivity contribution in [2.24, 2.45) is 5.84 Å². The number of nitrogen functional groups attached to an aromatic ring is 1. The number of hydrogen-bond acceptors (Lipinski definition) is 4. The highest BCUT2D eigenvalue weighted by atomic mass is 35.5. The Balaban J connectivity index is 3.36. The summed E-state index contributed by atoms with van der Waals surface area (Å²) in [5.74, 6) is 2.87.